The second-order valence-corrected chi connectivity index (χ2v) is 11.8. The smallest absolute Gasteiger partial charge is 0.145 e. The second-order valence-electron chi connectivity index (χ2n) is 11.8. The molecule has 0 atom stereocenters. The maximum absolute atomic E-state index is 6.71. The van der Waals surface area contributed by atoms with Crippen LogP contribution in [0.1, 0.15) is 0 Å². The normalized spacial score (nSPS) is 12.0. The van der Waals surface area contributed by atoms with Crippen molar-refractivity contribution in [3.63, 3.8) is 0 Å². The van der Waals surface area contributed by atoms with Gasteiger partial charge in [-0.15, -0.1) is 0 Å². The van der Waals surface area contributed by atoms with Gasteiger partial charge < -0.3 is 13.6 Å². The lowest BCUT2D eigenvalue weighted by Crippen LogP contribution is -1.96. The highest BCUT2D eigenvalue weighted by molar-refractivity contribution is 6.24. The van der Waals surface area contributed by atoms with Crippen molar-refractivity contribution >= 4 is 65.6 Å². The predicted octanol–water partition coefficient (Wildman–Crippen LogP) is 11.4. The first-order valence-corrected chi connectivity index (χ1v) is 15.4. The molecule has 10 aromatic rings. The Labute approximate surface area is 258 Å². The first-order chi connectivity index (χ1) is 22.3. The Morgan fingerprint density at radius 2 is 1.00 bits per heavy atom. The van der Waals surface area contributed by atoms with E-state index in [0.717, 1.165) is 49.7 Å². The number of hydrogen-bond donors (Lipinski definition) is 0. The fourth-order valence-corrected chi connectivity index (χ4v) is 7.33. The van der Waals surface area contributed by atoms with E-state index >= 15 is 0 Å². The maximum atomic E-state index is 6.71. The Hall–Kier alpha value is -6.06. The number of fused-ring (bicyclic) bond motifs is 10. The molecule has 0 saturated carbocycles. The van der Waals surface area contributed by atoms with Gasteiger partial charge in [0.2, 0.25) is 0 Å². The van der Waals surface area contributed by atoms with Crippen LogP contribution in [0.15, 0.2) is 162 Å². The van der Waals surface area contributed by atoms with E-state index in [9.17, 15) is 0 Å². The van der Waals surface area contributed by atoms with Gasteiger partial charge in [0.15, 0.2) is 0 Å². The summed E-state index contributed by atoms with van der Waals surface area (Å²) in [6.07, 6.45) is 0. The van der Waals surface area contributed by atoms with Crippen LogP contribution in [0.4, 0.5) is 0 Å². The molecule has 3 aromatic heterocycles. The Balaban J connectivity index is 1.30. The first-order valence-electron chi connectivity index (χ1n) is 15.4. The summed E-state index contributed by atoms with van der Waals surface area (Å²) in [6, 6.07) is 56.4. The van der Waals surface area contributed by atoms with Gasteiger partial charge in [-0.2, -0.15) is 0 Å². The molecule has 0 aliphatic rings. The highest BCUT2D eigenvalue weighted by Crippen LogP contribution is 2.42. The molecule has 0 saturated heterocycles. The van der Waals surface area contributed by atoms with Gasteiger partial charge in [-0.25, -0.2) is 0 Å². The number of aromatic nitrogens is 2. The summed E-state index contributed by atoms with van der Waals surface area (Å²) >= 11 is 0. The van der Waals surface area contributed by atoms with Crippen LogP contribution in [-0.4, -0.2) is 9.13 Å². The minimum Gasteiger partial charge on any atom is -0.455 e. The molecule has 45 heavy (non-hydrogen) atoms. The van der Waals surface area contributed by atoms with Gasteiger partial charge in [-0.05, 0) is 77.9 Å². The van der Waals surface area contributed by atoms with Gasteiger partial charge in [0.25, 0.3) is 0 Å². The summed E-state index contributed by atoms with van der Waals surface area (Å²) in [7, 11) is 0. The number of benzene rings is 7. The minimum atomic E-state index is 0.902. The lowest BCUT2D eigenvalue weighted by molar-refractivity contribution is 0.673. The van der Waals surface area contributed by atoms with Crippen LogP contribution in [0.2, 0.25) is 0 Å². The zero-order valence-electron chi connectivity index (χ0n) is 24.3. The molecular weight excluding hydrogens is 548 g/mol. The van der Waals surface area contributed by atoms with Crippen LogP contribution in [0, 0.1) is 0 Å². The van der Waals surface area contributed by atoms with E-state index in [4.69, 9.17) is 4.42 Å². The van der Waals surface area contributed by atoms with E-state index in [1.807, 2.05) is 0 Å². The summed E-state index contributed by atoms with van der Waals surface area (Å²) < 4.78 is 11.5. The molecule has 0 unspecified atom stereocenters. The zero-order valence-corrected chi connectivity index (χ0v) is 24.3. The maximum Gasteiger partial charge on any atom is 0.145 e. The van der Waals surface area contributed by atoms with Crippen molar-refractivity contribution in [2.24, 2.45) is 0 Å². The summed E-state index contributed by atoms with van der Waals surface area (Å²) in [5, 5.41) is 7.10. The third-order valence-electron chi connectivity index (χ3n) is 9.31. The Morgan fingerprint density at radius 3 is 1.76 bits per heavy atom. The molecule has 210 valence electrons. The van der Waals surface area contributed by atoms with Crippen molar-refractivity contribution in [2.75, 3.05) is 0 Å². The standard InChI is InChI=1S/C42H26N2O/c1-3-11-27(12-4-1)28-19-24-40-35(25-28)33-22-23-38-41(42(33)45-40)34-21-20-30(26-39(34)43(38)29-13-5-2-6-14-29)44-36-17-9-7-15-31(36)32-16-8-10-18-37(32)44/h1-26H. The molecule has 0 spiro atoms. The van der Waals surface area contributed by atoms with Crippen molar-refractivity contribution in [3.05, 3.63) is 158 Å². The molecule has 0 radical (unpaired) electrons. The van der Waals surface area contributed by atoms with Crippen molar-refractivity contribution in [2.45, 2.75) is 0 Å². The van der Waals surface area contributed by atoms with E-state index in [0.29, 0.717) is 0 Å². The SMILES string of the molecule is c1ccc(-c2ccc3oc4c(ccc5c4c4ccc(-n6c7ccccc7c7ccccc76)cc4n5-c4ccccc4)c3c2)cc1. The second kappa shape index (κ2) is 9.22. The Kier molecular flexibility index (Phi) is 5.00. The number of furan rings is 1. The van der Waals surface area contributed by atoms with Crippen molar-refractivity contribution in [3.8, 4) is 22.5 Å². The summed E-state index contributed by atoms with van der Waals surface area (Å²) in [4.78, 5) is 0. The van der Waals surface area contributed by atoms with Crippen LogP contribution in [0.25, 0.3) is 88.1 Å². The molecule has 0 bridgehead atoms. The molecule has 7 aromatic carbocycles. The van der Waals surface area contributed by atoms with E-state index in [2.05, 4.69) is 167 Å². The summed E-state index contributed by atoms with van der Waals surface area (Å²) in [5.74, 6) is 0. The summed E-state index contributed by atoms with van der Waals surface area (Å²) in [5.41, 5.74) is 11.2. The zero-order chi connectivity index (χ0) is 29.5. The molecule has 0 fully saturated rings. The lowest BCUT2D eigenvalue weighted by atomic mass is 10.0. The molecular formula is C42H26N2O. The Bertz CT molecular complexity index is 2690. The number of nitrogens with zero attached hydrogens (tertiary/aromatic N) is 2. The first kappa shape index (κ1) is 24.4. The molecule has 10 rings (SSSR count). The van der Waals surface area contributed by atoms with Gasteiger partial charge in [-0.3, -0.25) is 0 Å². The molecule has 3 heterocycles. The highest BCUT2D eigenvalue weighted by Gasteiger charge is 2.20. The lowest BCUT2D eigenvalue weighted by Gasteiger charge is -2.11. The average Bonchev–Trinajstić information content (AvgIpc) is 3.76. The van der Waals surface area contributed by atoms with E-state index in [1.165, 1.54) is 38.3 Å². The van der Waals surface area contributed by atoms with Crippen LogP contribution in [0.5, 0.6) is 0 Å². The van der Waals surface area contributed by atoms with Crippen molar-refractivity contribution in [1.29, 1.82) is 0 Å². The third-order valence-corrected chi connectivity index (χ3v) is 9.31. The van der Waals surface area contributed by atoms with Gasteiger partial charge in [0.05, 0.1) is 27.5 Å². The summed E-state index contributed by atoms with van der Waals surface area (Å²) in [6.45, 7) is 0. The molecule has 0 amide bonds. The third kappa shape index (κ3) is 3.46. The number of rotatable bonds is 3. The average molecular weight is 575 g/mol. The van der Waals surface area contributed by atoms with E-state index in [-0.39, 0.29) is 0 Å². The van der Waals surface area contributed by atoms with Crippen LogP contribution >= 0.6 is 0 Å². The molecule has 0 aliphatic heterocycles. The van der Waals surface area contributed by atoms with E-state index < -0.39 is 0 Å². The van der Waals surface area contributed by atoms with Gasteiger partial charge >= 0.3 is 0 Å². The fraction of sp³-hybridized carbons (Fsp3) is 0. The topological polar surface area (TPSA) is 23.0 Å². The van der Waals surface area contributed by atoms with Crippen LogP contribution in [0.3, 0.4) is 0 Å². The quantitative estimate of drug-likeness (QED) is 0.206. The molecule has 0 aliphatic carbocycles. The van der Waals surface area contributed by atoms with Crippen molar-refractivity contribution in [1.82, 2.24) is 9.13 Å². The largest absolute Gasteiger partial charge is 0.455 e. The number of para-hydroxylation sites is 3. The minimum absolute atomic E-state index is 0.902. The van der Waals surface area contributed by atoms with E-state index in [1.54, 1.807) is 0 Å². The molecule has 0 N–H and O–H groups in total. The monoisotopic (exact) mass is 574 g/mol. The Morgan fingerprint density at radius 1 is 0.356 bits per heavy atom. The van der Waals surface area contributed by atoms with Gasteiger partial charge in [-0.1, -0.05) is 91.0 Å². The van der Waals surface area contributed by atoms with Gasteiger partial charge in [0, 0.05) is 38.3 Å². The fourth-order valence-electron chi connectivity index (χ4n) is 7.33. The van der Waals surface area contributed by atoms with Crippen LogP contribution in [-0.2, 0) is 0 Å². The van der Waals surface area contributed by atoms with Crippen LogP contribution < -0.4 is 0 Å². The van der Waals surface area contributed by atoms with Gasteiger partial charge in [0.1, 0.15) is 11.2 Å². The molecule has 3 nitrogen and oxygen atoms in total. The van der Waals surface area contributed by atoms with Crippen molar-refractivity contribution < 1.29 is 4.42 Å². The molecule has 3 heteroatoms. The highest BCUT2D eigenvalue weighted by atomic mass is 16.3. The predicted molar refractivity (Wildman–Crippen MR) is 188 cm³/mol. The number of hydrogen-bond acceptors (Lipinski definition) is 1.